The number of ether oxygens (including phenoxy) is 1. The van der Waals surface area contributed by atoms with E-state index in [0.717, 1.165) is 44.3 Å². The Morgan fingerprint density at radius 2 is 2.05 bits per heavy atom. The fraction of sp³-hybridized carbons (Fsp3) is 0.500. The normalized spacial score (nSPS) is 26.0. The van der Waals surface area contributed by atoms with Crippen molar-refractivity contribution in [2.24, 2.45) is 0 Å². The van der Waals surface area contributed by atoms with E-state index < -0.39 is 0 Å². The highest BCUT2D eigenvalue weighted by molar-refractivity contribution is 5.75. The van der Waals surface area contributed by atoms with E-state index in [9.17, 15) is 9.59 Å². The predicted molar refractivity (Wildman–Crippen MR) is 78.4 cm³/mol. The number of hydrogen-bond donors (Lipinski definition) is 0. The summed E-state index contributed by atoms with van der Waals surface area (Å²) < 4.78 is 6.24. The van der Waals surface area contributed by atoms with Crippen LogP contribution in [0.15, 0.2) is 24.3 Å². The molecule has 108 valence electrons. The highest BCUT2D eigenvalue weighted by atomic mass is 16.6. The van der Waals surface area contributed by atoms with E-state index in [4.69, 9.17) is 4.74 Å². The van der Waals surface area contributed by atoms with Crippen LogP contribution in [0.2, 0.25) is 0 Å². The molecule has 0 bridgehead atoms. The lowest BCUT2D eigenvalue weighted by Gasteiger charge is -2.45. The Hall–Kier alpha value is -1.68. The predicted octanol–water partition coefficient (Wildman–Crippen LogP) is 2.90. The molecule has 1 aliphatic heterocycles. The van der Waals surface area contributed by atoms with Crippen LogP contribution < -0.4 is 4.48 Å². The van der Waals surface area contributed by atoms with Gasteiger partial charge in [0.25, 0.3) is 0 Å². The van der Waals surface area contributed by atoms with Crippen molar-refractivity contribution in [1.29, 1.82) is 0 Å². The van der Waals surface area contributed by atoms with Gasteiger partial charge in [-0.1, -0.05) is 0 Å². The Morgan fingerprint density at radius 3 is 2.60 bits per heavy atom. The van der Waals surface area contributed by atoms with Crippen LogP contribution in [0.3, 0.4) is 0 Å². The minimum atomic E-state index is -0.225. The Labute approximate surface area is 119 Å². The van der Waals surface area contributed by atoms with Crippen molar-refractivity contribution >= 4 is 17.9 Å². The molecule has 2 unspecified atom stereocenters. The maximum Gasteiger partial charge on any atom is 0.307 e. The molecule has 1 aromatic rings. The summed E-state index contributed by atoms with van der Waals surface area (Å²) >= 11 is 0. The third kappa shape index (κ3) is 2.75. The SMILES string of the molecule is CC[N+]1(c2ccc(C=O)cc2)CCCCC1OC(C)=O. The quantitative estimate of drug-likeness (QED) is 0.482. The van der Waals surface area contributed by atoms with Gasteiger partial charge in [-0.05, 0) is 44.0 Å². The number of likely N-dealkylation sites (tertiary alicyclic amines) is 1. The van der Waals surface area contributed by atoms with Gasteiger partial charge in [-0.15, -0.1) is 0 Å². The molecule has 0 amide bonds. The number of carbonyl (C=O) groups excluding carboxylic acids is 2. The van der Waals surface area contributed by atoms with Gasteiger partial charge in [-0.3, -0.25) is 14.1 Å². The number of aldehydes is 1. The number of rotatable bonds is 4. The Kier molecular flexibility index (Phi) is 4.55. The van der Waals surface area contributed by atoms with Gasteiger partial charge in [0.05, 0.1) is 13.1 Å². The number of piperidine rings is 1. The molecular formula is C16H22NO3+. The van der Waals surface area contributed by atoms with Gasteiger partial charge in [-0.2, -0.15) is 0 Å². The van der Waals surface area contributed by atoms with E-state index in [2.05, 4.69) is 6.92 Å². The first-order valence-electron chi connectivity index (χ1n) is 7.22. The summed E-state index contributed by atoms with van der Waals surface area (Å²) in [6.07, 6.45) is 3.84. The van der Waals surface area contributed by atoms with Gasteiger partial charge < -0.3 is 4.74 Å². The van der Waals surface area contributed by atoms with Gasteiger partial charge in [0.1, 0.15) is 12.0 Å². The lowest BCUT2D eigenvalue weighted by molar-refractivity contribution is -0.158. The van der Waals surface area contributed by atoms with Crippen LogP contribution in [0.25, 0.3) is 0 Å². The second-order valence-corrected chi connectivity index (χ2v) is 5.34. The topological polar surface area (TPSA) is 43.4 Å². The zero-order valence-corrected chi connectivity index (χ0v) is 12.2. The van der Waals surface area contributed by atoms with E-state index in [1.165, 1.54) is 6.92 Å². The summed E-state index contributed by atoms with van der Waals surface area (Å²) in [5.41, 5.74) is 1.79. The van der Waals surface area contributed by atoms with Crippen molar-refractivity contribution in [2.45, 2.75) is 39.3 Å². The molecule has 0 aliphatic carbocycles. The summed E-state index contributed by atoms with van der Waals surface area (Å²) in [6, 6.07) is 7.62. The van der Waals surface area contributed by atoms with Crippen LogP contribution in [0.5, 0.6) is 0 Å². The molecule has 0 N–H and O–H groups in total. The summed E-state index contributed by atoms with van der Waals surface area (Å²) in [7, 11) is 0. The van der Waals surface area contributed by atoms with E-state index >= 15 is 0 Å². The van der Waals surface area contributed by atoms with Crippen molar-refractivity contribution in [3.63, 3.8) is 0 Å². The first kappa shape index (κ1) is 14.7. The van der Waals surface area contributed by atoms with Crippen molar-refractivity contribution in [3.05, 3.63) is 29.8 Å². The largest absolute Gasteiger partial charge is 0.412 e. The highest BCUT2D eigenvalue weighted by Crippen LogP contribution is 2.34. The Morgan fingerprint density at radius 1 is 1.35 bits per heavy atom. The van der Waals surface area contributed by atoms with E-state index in [1.54, 1.807) is 0 Å². The second kappa shape index (κ2) is 6.18. The molecule has 20 heavy (non-hydrogen) atoms. The smallest absolute Gasteiger partial charge is 0.307 e. The summed E-state index contributed by atoms with van der Waals surface area (Å²) in [5.74, 6) is -0.225. The standard InChI is InChI=1S/C16H22NO3/c1-3-17(15-9-7-14(12-18)8-10-15)11-5-4-6-16(17)20-13(2)19/h7-10,12,16H,3-6,11H2,1-2H3/q+1. The molecular weight excluding hydrogens is 254 g/mol. The van der Waals surface area contributed by atoms with Gasteiger partial charge >= 0.3 is 5.97 Å². The Bertz CT molecular complexity index is 483. The number of hydrogen-bond acceptors (Lipinski definition) is 3. The highest BCUT2D eigenvalue weighted by Gasteiger charge is 2.42. The van der Waals surface area contributed by atoms with Crippen LogP contribution in [-0.4, -0.2) is 31.6 Å². The summed E-state index contributed by atoms with van der Waals surface area (Å²) in [5, 5.41) is 0. The molecule has 0 radical (unpaired) electrons. The molecule has 1 aliphatic rings. The molecule has 2 atom stereocenters. The average molecular weight is 276 g/mol. The van der Waals surface area contributed by atoms with Crippen molar-refractivity contribution in [1.82, 2.24) is 4.48 Å². The van der Waals surface area contributed by atoms with E-state index in [0.29, 0.717) is 10.0 Å². The first-order chi connectivity index (χ1) is 9.62. The molecule has 1 fully saturated rings. The van der Waals surface area contributed by atoms with Crippen molar-refractivity contribution < 1.29 is 14.3 Å². The van der Waals surface area contributed by atoms with E-state index in [-0.39, 0.29) is 12.2 Å². The monoisotopic (exact) mass is 276 g/mol. The van der Waals surface area contributed by atoms with Crippen LogP contribution in [0, 0.1) is 0 Å². The van der Waals surface area contributed by atoms with Crippen LogP contribution in [0.1, 0.15) is 43.5 Å². The van der Waals surface area contributed by atoms with Gasteiger partial charge in [-0.25, -0.2) is 0 Å². The molecule has 1 aromatic carbocycles. The molecule has 0 spiro atoms. The maximum absolute atomic E-state index is 11.4. The van der Waals surface area contributed by atoms with Gasteiger partial charge in [0, 0.05) is 18.9 Å². The second-order valence-electron chi connectivity index (χ2n) is 5.34. The maximum atomic E-state index is 11.4. The molecule has 4 heteroatoms. The molecule has 4 nitrogen and oxygen atoms in total. The number of carbonyl (C=O) groups is 2. The number of benzene rings is 1. The van der Waals surface area contributed by atoms with Crippen molar-refractivity contribution in [2.75, 3.05) is 13.1 Å². The third-order valence-electron chi connectivity index (χ3n) is 4.22. The van der Waals surface area contributed by atoms with Crippen molar-refractivity contribution in [3.8, 4) is 0 Å². The molecule has 0 aromatic heterocycles. The zero-order chi connectivity index (χ0) is 14.6. The number of nitrogens with zero attached hydrogens (tertiary/aromatic N) is 1. The van der Waals surface area contributed by atoms with Gasteiger partial charge in [0.2, 0.25) is 6.23 Å². The molecule has 2 rings (SSSR count). The number of quaternary nitrogens is 1. The van der Waals surface area contributed by atoms with Crippen LogP contribution in [0.4, 0.5) is 5.69 Å². The lowest BCUT2D eigenvalue weighted by atomic mass is 10.0. The van der Waals surface area contributed by atoms with Crippen LogP contribution in [-0.2, 0) is 9.53 Å². The summed E-state index contributed by atoms with van der Waals surface area (Å²) in [6.45, 7) is 5.43. The fourth-order valence-electron chi connectivity index (χ4n) is 3.14. The fourth-order valence-corrected chi connectivity index (χ4v) is 3.14. The van der Waals surface area contributed by atoms with E-state index in [1.807, 2.05) is 24.3 Å². The summed E-state index contributed by atoms with van der Waals surface area (Å²) in [4.78, 5) is 22.1. The minimum absolute atomic E-state index is 0.117. The lowest BCUT2D eigenvalue weighted by Crippen LogP contribution is -2.60. The first-order valence-corrected chi connectivity index (χ1v) is 7.22. The zero-order valence-electron chi connectivity index (χ0n) is 12.2. The number of esters is 1. The minimum Gasteiger partial charge on any atom is -0.412 e. The molecule has 1 saturated heterocycles. The van der Waals surface area contributed by atoms with Crippen LogP contribution >= 0.6 is 0 Å². The third-order valence-corrected chi connectivity index (χ3v) is 4.22. The van der Waals surface area contributed by atoms with Gasteiger partial charge in [0.15, 0.2) is 0 Å². The molecule has 1 heterocycles. The Balaban J connectivity index is 2.36. The molecule has 0 saturated carbocycles. The average Bonchev–Trinajstić information content (AvgIpc) is 2.47.